The molecule has 2 aromatic rings. The highest BCUT2D eigenvalue weighted by Gasteiger charge is 2.30. The quantitative estimate of drug-likeness (QED) is 0.896. The molecule has 0 aliphatic carbocycles. The summed E-state index contributed by atoms with van der Waals surface area (Å²) in [5.41, 5.74) is 1.12. The van der Waals surface area contributed by atoms with Gasteiger partial charge in [0.1, 0.15) is 11.6 Å². The third kappa shape index (κ3) is 2.67. The highest BCUT2D eigenvalue weighted by atomic mass is 19.1. The van der Waals surface area contributed by atoms with Crippen molar-refractivity contribution in [2.24, 2.45) is 0 Å². The third-order valence-electron chi connectivity index (χ3n) is 3.51. The van der Waals surface area contributed by atoms with Gasteiger partial charge in [0.25, 0.3) is 0 Å². The van der Waals surface area contributed by atoms with E-state index in [4.69, 9.17) is 0 Å². The molecule has 0 saturated heterocycles. The van der Waals surface area contributed by atoms with Crippen molar-refractivity contribution in [2.75, 3.05) is 10.6 Å². The summed E-state index contributed by atoms with van der Waals surface area (Å²) in [5.74, 6) is -3.08. The second kappa shape index (κ2) is 5.55. The largest absolute Gasteiger partial charge is 0.326 e. The molecular formula is C16H12F2N2O2. The molecule has 0 unspecified atom stereocenters. The van der Waals surface area contributed by atoms with Crippen LogP contribution in [0.2, 0.25) is 0 Å². The van der Waals surface area contributed by atoms with E-state index in [9.17, 15) is 18.4 Å². The van der Waals surface area contributed by atoms with E-state index in [1.54, 1.807) is 24.3 Å². The number of halogens is 2. The first-order chi connectivity index (χ1) is 10.5. The molecule has 0 fully saturated rings. The number of hydrogen-bond acceptors (Lipinski definition) is 2. The van der Waals surface area contributed by atoms with Gasteiger partial charge in [-0.2, -0.15) is 0 Å². The van der Waals surface area contributed by atoms with Crippen LogP contribution in [0.1, 0.15) is 17.9 Å². The summed E-state index contributed by atoms with van der Waals surface area (Å²) in [4.78, 5) is 24.1. The molecule has 2 aromatic carbocycles. The Labute approximate surface area is 125 Å². The van der Waals surface area contributed by atoms with Crippen LogP contribution in [0, 0.1) is 11.6 Å². The number of hydrogen-bond donors (Lipinski definition) is 2. The Morgan fingerprint density at radius 1 is 1.18 bits per heavy atom. The Kier molecular flexibility index (Phi) is 3.58. The molecule has 22 heavy (non-hydrogen) atoms. The molecule has 0 aromatic heterocycles. The summed E-state index contributed by atoms with van der Waals surface area (Å²) in [6, 6.07) is 9.84. The van der Waals surface area contributed by atoms with Gasteiger partial charge in [-0.1, -0.05) is 18.2 Å². The second-order valence-electron chi connectivity index (χ2n) is 5.01. The van der Waals surface area contributed by atoms with E-state index < -0.39 is 23.5 Å². The number of anilines is 2. The van der Waals surface area contributed by atoms with Crippen molar-refractivity contribution >= 4 is 23.2 Å². The van der Waals surface area contributed by atoms with E-state index in [0.717, 1.165) is 12.1 Å². The maximum absolute atomic E-state index is 13.6. The van der Waals surface area contributed by atoms with Crippen LogP contribution < -0.4 is 10.6 Å². The summed E-state index contributed by atoms with van der Waals surface area (Å²) in [5, 5.41) is 5.09. The van der Waals surface area contributed by atoms with Crippen molar-refractivity contribution in [3.05, 3.63) is 59.7 Å². The number of carbonyl (C=O) groups excluding carboxylic acids is 2. The summed E-state index contributed by atoms with van der Waals surface area (Å²) >= 11 is 0. The van der Waals surface area contributed by atoms with Crippen molar-refractivity contribution in [2.45, 2.75) is 12.3 Å². The number of benzene rings is 2. The third-order valence-corrected chi connectivity index (χ3v) is 3.51. The fourth-order valence-corrected chi connectivity index (χ4v) is 2.46. The van der Waals surface area contributed by atoms with Crippen molar-refractivity contribution in [1.29, 1.82) is 0 Å². The molecule has 112 valence electrons. The predicted molar refractivity (Wildman–Crippen MR) is 77.4 cm³/mol. The second-order valence-corrected chi connectivity index (χ2v) is 5.01. The molecule has 1 aliphatic rings. The van der Waals surface area contributed by atoms with Crippen molar-refractivity contribution < 1.29 is 18.4 Å². The number of amides is 2. The van der Waals surface area contributed by atoms with E-state index in [1.807, 2.05) is 0 Å². The molecule has 0 spiro atoms. The smallest absolute Gasteiger partial charge is 0.232 e. The zero-order valence-corrected chi connectivity index (χ0v) is 11.4. The van der Waals surface area contributed by atoms with Crippen LogP contribution >= 0.6 is 0 Å². The minimum atomic E-state index is -0.859. The topological polar surface area (TPSA) is 58.2 Å². The molecule has 2 amide bonds. The lowest BCUT2D eigenvalue weighted by Gasteiger charge is -2.24. The van der Waals surface area contributed by atoms with E-state index in [0.29, 0.717) is 17.3 Å². The van der Waals surface area contributed by atoms with E-state index in [-0.39, 0.29) is 18.0 Å². The van der Waals surface area contributed by atoms with Crippen molar-refractivity contribution in [3.63, 3.8) is 0 Å². The van der Waals surface area contributed by atoms with Crippen LogP contribution in [0.4, 0.5) is 20.2 Å². The van der Waals surface area contributed by atoms with Crippen LogP contribution in [0.3, 0.4) is 0 Å². The number of para-hydroxylation sites is 1. The summed E-state index contributed by atoms with van der Waals surface area (Å²) in [6.07, 6.45) is -0.0222. The lowest BCUT2D eigenvalue weighted by molar-refractivity contribution is -0.123. The first-order valence-corrected chi connectivity index (χ1v) is 6.69. The summed E-state index contributed by atoms with van der Waals surface area (Å²) in [7, 11) is 0. The minimum Gasteiger partial charge on any atom is -0.326 e. The number of rotatable bonds is 2. The molecular weight excluding hydrogens is 290 g/mol. The minimum absolute atomic E-state index is 0.0222. The fraction of sp³-hybridized carbons (Fsp3) is 0.125. The Morgan fingerprint density at radius 2 is 1.95 bits per heavy atom. The van der Waals surface area contributed by atoms with Gasteiger partial charge >= 0.3 is 0 Å². The Morgan fingerprint density at radius 3 is 2.73 bits per heavy atom. The first-order valence-electron chi connectivity index (χ1n) is 6.69. The average molecular weight is 302 g/mol. The van der Waals surface area contributed by atoms with Crippen LogP contribution in [0.15, 0.2) is 42.5 Å². The van der Waals surface area contributed by atoms with Gasteiger partial charge in [-0.05, 0) is 23.8 Å². The highest BCUT2D eigenvalue weighted by Crippen LogP contribution is 2.33. The van der Waals surface area contributed by atoms with Crippen molar-refractivity contribution in [1.82, 2.24) is 0 Å². The molecule has 4 nitrogen and oxygen atoms in total. The molecule has 6 heteroatoms. The zero-order valence-electron chi connectivity index (χ0n) is 11.4. The number of fused-ring (bicyclic) bond motifs is 1. The van der Waals surface area contributed by atoms with Gasteiger partial charge in [0.05, 0.1) is 11.6 Å². The Bertz CT molecular complexity index is 762. The summed E-state index contributed by atoms with van der Waals surface area (Å²) in [6.45, 7) is 0. The van der Waals surface area contributed by atoms with Gasteiger partial charge in [-0.25, -0.2) is 8.78 Å². The average Bonchev–Trinajstić information content (AvgIpc) is 2.49. The van der Waals surface area contributed by atoms with Gasteiger partial charge in [0, 0.05) is 18.2 Å². The number of nitrogens with one attached hydrogen (secondary N) is 2. The molecule has 1 aliphatic heterocycles. The SMILES string of the molecule is O=C1C[C@H](C(=O)Nc2ccc(F)cc2F)c2ccccc2N1. The van der Waals surface area contributed by atoms with Crippen LogP contribution in [0.25, 0.3) is 0 Å². The Balaban J connectivity index is 1.88. The zero-order chi connectivity index (χ0) is 15.7. The predicted octanol–water partition coefficient (Wildman–Crippen LogP) is 3.03. The normalized spacial score (nSPS) is 16.6. The standard InChI is InChI=1S/C16H12F2N2O2/c17-9-5-6-14(12(18)7-9)20-16(22)11-8-15(21)19-13-4-2-1-3-10(11)13/h1-7,11H,8H2,(H,19,21)(H,20,22)/t11-/m0/s1. The van der Waals surface area contributed by atoms with E-state index >= 15 is 0 Å². The van der Waals surface area contributed by atoms with Gasteiger partial charge in [-0.3, -0.25) is 9.59 Å². The summed E-state index contributed by atoms with van der Waals surface area (Å²) < 4.78 is 26.5. The number of carbonyl (C=O) groups is 2. The monoisotopic (exact) mass is 302 g/mol. The van der Waals surface area contributed by atoms with E-state index in [1.165, 1.54) is 0 Å². The maximum Gasteiger partial charge on any atom is 0.232 e. The van der Waals surface area contributed by atoms with Gasteiger partial charge in [0.15, 0.2) is 0 Å². The molecule has 1 atom stereocenters. The molecule has 2 N–H and O–H groups in total. The Hall–Kier alpha value is -2.76. The molecule has 0 saturated carbocycles. The molecule has 3 rings (SSSR count). The van der Waals surface area contributed by atoms with Crippen LogP contribution in [0.5, 0.6) is 0 Å². The van der Waals surface area contributed by atoms with Gasteiger partial charge < -0.3 is 10.6 Å². The van der Waals surface area contributed by atoms with Crippen molar-refractivity contribution in [3.8, 4) is 0 Å². The van der Waals surface area contributed by atoms with Crippen LogP contribution in [-0.2, 0) is 9.59 Å². The van der Waals surface area contributed by atoms with Crippen LogP contribution in [-0.4, -0.2) is 11.8 Å². The van der Waals surface area contributed by atoms with Gasteiger partial charge in [0.2, 0.25) is 11.8 Å². The lowest BCUT2D eigenvalue weighted by atomic mass is 9.90. The van der Waals surface area contributed by atoms with E-state index in [2.05, 4.69) is 10.6 Å². The molecule has 0 radical (unpaired) electrons. The maximum atomic E-state index is 13.6. The highest BCUT2D eigenvalue weighted by molar-refractivity contribution is 6.05. The molecule has 1 heterocycles. The first kappa shape index (κ1) is 14.2. The van der Waals surface area contributed by atoms with Gasteiger partial charge in [-0.15, -0.1) is 0 Å². The molecule has 0 bridgehead atoms. The lowest BCUT2D eigenvalue weighted by Crippen LogP contribution is -2.30. The fourth-order valence-electron chi connectivity index (χ4n) is 2.46.